The van der Waals surface area contributed by atoms with Gasteiger partial charge in [0, 0.05) is 12.2 Å². The zero-order valence-electron chi connectivity index (χ0n) is 11.8. The lowest BCUT2D eigenvalue weighted by molar-refractivity contribution is -0.0868. The fourth-order valence-corrected chi connectivity index (χ4v) is 3.52. The van der Waals surface area contributed by atoms with Gasteiger partial charge in [-0.2, -0.15) is 4.98 Å². The molecule has 1 aromatic heterocycles. The minimum Gasteiger partial charge on any atom is -0.462 e. The number of nitrogens with one attached hydrogen (secondary N) is 1. The molecular weight excluding hydrogens is 294 g/mol. The van der Waals surface area contributed by atoms with Crippen molar-refractivity contribution in [1.29, 1.82) is 0 Å². The highest BCUT2D eigenvalue weighted by molar-refractivity contribution is 6.28. The Kier molecular flexibility index (Phi) is 3.75. The molecule has 2 aliphatic rings. The van der Waals surface area contributed by atoms with Crippen molar-refractivity contribution in [2.75, 3.05) is 11.9 Å². The SMILES string of the molecule is CCOC(=O)c1cnc(Cl)nc1NC1CC2(CC(O)C2)C1. The molecule has 0 saturated heterocycles. The number of halogens is 1. The van der Waals surface area contributed by atoms with Crippen molar-refractivity contribution in [1.82, 2.24) is 9.97 Å². The number of ether oxygens (including phenoxy) is 1. The number of aromatic nitrogens is 2. The maximum Gasteiger partial charge on any atom is 0.343 e. The second-order valence-electron chi connectivity index (χ2n) is 5.93. The van der Waals surface area contributed by atoms with E-state index < -0.39 is 5.97 Å². The maximum atomic E-state index is 11.9. The van der Waals surface area contributed by atoms with E-state index in [9.17, 15) is 9.90 Å². The van der Waals surface area contributed by atoms with Crippen LogP contribution in [0, 0.1) is 5.41 Å². The molecule has 0 aliphatic heterocycles. The number of hydrogen-bond donors (Lipinski definition) is 2. The number of carbonyl (C=O) groups excluding carboxylic acids is 1. The van der Waals surface area contributed by atoms with Crippen molar-refractivity contribution >= 4 is 23.4 Å². The fourth-order valence-electron chi connectivity index (χ4n) is 3.38. The van der Waals surface area contributed by atoms with E-state index >= 15 is 0 Å². The summed E-state index contributed by atoms with van der Waals surface area (Å²) < 4.78 is 4.99. The minimum absolute atomic E-state index is 0.0960. The Morgan fingerprint density at radius 2 is 2.24 bits per heavy atom. The van der Waals surface area contributed by atoms with Crippen molar-refractivity contribution in [3.05, 3.63) is 17.0 Å². The lowest BCUT2D eigenvalue weighted by Crippen LogP contribution is -2.54. The summed E-state index contributed by atoms with van der Waals surface area (Å²) in [4.78, 5) is 19.8. The minimum atomic E-state index is -0.454. The van der Waals surface area contributed by atoms with Crippen LogP contribution < -0.4 is 5.32 Å². The Hall–Kier alpha value is -1.40. The predicted molar refractivity (Wildman–Crippen MR) is 77.3 cm³/mol. The molecule has 0 bridgehead atoms. The first kappa shape index (κ1) is 14.5. The van der Waals surface area contributed by atoms with Crippen molar-refractivity contribution < 1.29 is 14.6 Å². The van der Waals surface area contributed by atoms with E-state index in [0.29, 0.717) is 18.0 Å². The third kappa shape index (κ3) is 2.82. The largest absolute Gasteiger partial charge is 0.462 e. The Morgan fingerprint density at radius 1 is 1.52 bits per heavy atom. The van der Waals surface area contributed by atoms with Crippen molar-refractivity contribution in [3.63, 3.8) is 0 Å². The molecule has 1 aromatic rings. The summed E-state index contributed by atoms with van der Waals surface area (Å²) in [6.07, 6.45) is 4.95. The van der Waals surface area contributed by atoms with Gasteiger partial charge >= 0.3 is 5.97 Å². The summed E-state index contributed by atoms with van der Waals surface area (Å²) in [5, 5.41) is 12.8. The molecule has 1 heterocycles. The number of aliphatic hydroxyl groups excluding tert-OH is 1. The van der Waals surface area contributed by atoms with Crippen LogP contribution in [0.25, 0.3) is 0 Å². The third-order valence-electron chi connectivity index (χ3n) is 4.29. The van der Waals surface area contributed by atoms with Crippen LogP contribution in [0.15, 0.2) is 6.20 Å². The van der Waals surface area contributed by atoms with Gasteiger partial charge in [-0.3, -0.25) is 0 Å². The molecule has 7 heteroatoms. The molecule has 2 fully saturated rings. The van der Waals surface area contributed by atoms with Crippen LogP contribution in [0.1, 0.15) is 43.0 Å². The van der Waals surface area contributed by atoms with Crippen LogP contribution in [-0.2, 0) is 4.74 Å². The Balaban J connectivity index is 1.67. The van der Waals surface area contributed by atoms with Crippen LogP contribution in [0.2, 0.25) is 5.28 Å². The van der Waals surface area contributed by atoms with Gasteiger partial charge < -0.3 is 15.2 Å². The second kappa shape index (κ2) is 5.42. The van der Waals surface area contributed by atoms with E-state index in [-0.39, 0.29) is 22.8 Å². The van der Waals surface area contributed by atoms with E-state index in [1.807, 2.05) is 0 Å². The Morgan fingerprint density at radius 3 is 2.86 bits per heavy atom. The molecular formula is C14H18ClN3O3. The summed E-state index contributed by atoms with van der Waals surface area (Å²) in [5.74, 6) is -0.0297. The third-order valence-corrected chi connectivity index (χ3v) is 4.47. The molecule has 2 aliphatic carbocycles. The van der Waals surface area contributed by atoms with Crippen molar-refractivity contribution in [2.24, 2.45) is 5.41 Å². The number of hydrogen-bond acceptors (Lipinski definition) is 6. The maximum absolute atomic E-state index is 11.9. The second-order valence-corrected chi connectivity index (χ2v) is 6.27. The first-order valence-electron chi connectivity index (χ1n) is 7.15. The van der Waals surface area contributed by atoms with Crippen LogP contribution >= 0.6 is 11.6 Å². The van der Waals surface area contributed by atoms with E-state index in [1.165, 1.54) is 6.20 Å². The van der Waals surface area contributed by atoms with Gasteiger partial charge in [0.1, 0.15) is 11.4 Å². The van der Waals surface area contributed by atoms with Gasteiger partial charge in [0.25, 0.3) is 0 Å². The van der Waals surface area contributed by atoms with Crippen LogP contribution in [0.5, 0.6) is 0 Å². The van der Waals surface area contributed by atoms with Gasteiger partial charge in [0.15, 0.2) is 0 Å². The van der Waals surface area contributed by atoms with Gasteiger partial charge in [-0.15, -0.1) is 0 Å². The standard InChI is InChI=1S/C14H18ClN3O3/c1-2-21-12(20)10-7-16-13(15)18-11(10)17-8-3-14(4-8)5-9(19)6-14/h7-9,19H,2-6H2,1H3,(H,16,17,18). The molecule has 1 spiro atoms. The van der Waals surface area contributed by atoms with Gasteiger partial charge in [-0.1, -0.05) is 0 Å². The topological polar surface area (TPSA) is 84.3 Å². The predicted octanol–water partition coefficient (Wildman–Crippen LogP) is 2.02. The van der Waals surface area contributed by atoms with Gasteiger partial charge in [0.05, 0.1) is 12.7 Å². The zero-order valence-corrected chi connectivity index (χ0v) is 12.6. The summed E-state index contributed by atoms with van der Waals surface area (Å²) in [7, 11) is 0. The first-order valence-corrected chi connectivity index (χ1v) is 7.53. The first-order chi connectivity index (χ1) is 10.0. The monoisotopic (exact) mass is 311 g/mol. The van der Waals surface area contributed by atoms with Crippen LogP contribution in [0.3, 0.4) is 0 Å². The lowest BCUT2D eigenvalue weighted by atomic mass is 9.53. The highest BCUT2D eigenvalue weighted by atomic mass is 35.5. The highest BCUT2D eigenvalue weighted by Gasteiger charge is 2.52. The molecule has 0 aromatic carbocycles. The molecule has 0 unspecified atom stereocenters. The quantitative estimate of drug-likeness (QED) is 0.654. The fraction of sp³-hybridized carbons (Fsp3) is 0.643. The molecule has 114 valence electrons. The van der Waals surface area contributed by atoms with Crippen LogP contribution in [-0.4, -0.2) is 39.8 Å². The average molecular weight is 312 g/mol. The van der Waals surface area contributed by atoms with Crippen LogP contribution in [0.4, 0.5) is 5.82 Å². The highest BCUT2D eigenvalue weighted by Crippen LogP contribution is 2.56. The summed E-state index contributed by atoms with van der Waals surface area (Å²) >= 11 is 5.81. The molecule has 0 amide bonds. The summed E-state index contributed by atoms with van der Waals surface area (Å²) in [6.45, 7) is 2.05. The molecule has 0 atom stereocenters. The van der Waals surface area contributed by atoms with Crippen molar-refractivity contribution in [2.45, 2.75) is 44.8 Å². The number of anilines is 1. The average Bonchev–Trinajstić information content (AvgIpc) is 2.35. The van der Waals surface area contributed by atoms with Gasteiger partial charge in [-0.25, -0.2) is 9.78 Å². The Bertz CT molecular complexity index is 552. The Labute approximate surface area is 127 Å². The molecule has 0 radical (unpaired) electrons. The lowest BCUT2D eigenvalue weighted by Gasteiger charge is -2.56. The number of aliphatic hydroxyl groups is 1. The molecule has 21 heavy (non-hydrogen) atoms. The molecule has 3 rings (SSSR count). The van der Waals surface area contributed by atoms with Gasteiger partial charge in [-0.05, 0) is 49.6 Å². The van der Waals surface area contributed by atoms with Gasteiger partial charge in [0.2, 0.25) is 5.28 Å². The smallest absolute Gasteiger partial charge is 0.343 e. The summed E-state index contributed by atoms with van der Waals surface area (Å²) in [6, 6.07) is 0.247. The number of esters is 1. The summed E-state index contributed by atoms with van der Waals surface area (Å²) in [5.41, 5.74) is 0.591. The zero-order chi connectivity index (χ0) is 15.0. The number of rotatable bonds is 4. The molecule has 2 N–H and O–H groups in total. The van der Waals surface area contributed by atoms with E-state index in [4.69, 9.17) is 16.3 Å². The molecule has 6 nitrogen and oxygen atoms in total. The van der Waals surface area contributed by atoms with Crippen molar-refractivity contribution in [3.8, 4) is 0 Å². The number of carbonyl (C=O) groups is 1. The van der Waals surface area contributed by atoms with E-state index in [1.54, 1.807) is 6.92 Å². The molecule has 2 saturated carbocycles. The van der Waals surface area contributed by atoms with E-state index in [0.717, 1.165) is 25.7 Å². The van der Waals surface area contributed by atoms with E-state index in [2.05, 4.69) is 15.3 Å². The normalized spacial score (nSPS) is 30.4. The number of nitrogens with zero attached hydrogens (tertiary/aromatic N) is 2.